The molecule has 24 heavy (non-hydrogen) atoms. The molecule has 5 heteroatoms. The quantitative estimate of drug-likeness (QED) is 0.875. The summed E-state index contributed by atoms with van der Waals surface area (Å²) in [6, 6.07) is 14.5. The van der Waals surface area contributed by atoms with E-state index in [2.05, 4.69) is 6.07 Å². The number of carboxylic acids is 1. The van der Waals surface area contributed by atoms with Gasteiger partial charge in [0.05, 0.1) is 12.7 Å². The minimum absolute atomic E-state index is 0.250. The number of carboxylic acid groups (broad SMARTS) is 1. The second kappa shape index (κ2) is 6.84. The van der Waals surface area contributed by atoms with Crippen LogP contribution in [0.1, 0.15) is 27.0 Å². The lowest BCUT2D eigenvalue weighted by Crippen LogP contribution is -2.45. The summed E-state index contributed by atoms with van der Waals surface area (Å²) in [6.07, 6.45) is 0.599. The number of nitrogens with zero attached hydrogens (tertiary/aromatic N) is 1. The van der Waals surface area contributed by atoms with Crippen LogP contribution in [-0.2, 0) is 29.0 Å². The first-order valence-corrected chi connectivity index (χ1v) is 7.79. The summed E-state index contributed by atoms with van der Waals surface area (Å²) in [5.41, 5.74) is 3.46. The van der Waals surface area contributed by atoms with Crippen molar-refractivity contribution < 1.29 is 19.4 Å². The van der Waals surface area contributed by atoms with Gasteiger partial charge in [-0.15, -0.1) is 0 Å². The fourth-order valence-corrected chi connectivity index (χ4v) is 3.15. The maximum absolute atomic E-state index is 12.2. The van der Waals surface area contributed by atoms with Crippen molar-refractivity contribution in [1.29, 1.82) is 0 Å². The van der Waals surface area contributed by atoms with E-state index >= 15 is 0 Å². The van der Waals surface area contributed by atoms with Crippen LogP contribution >= 0.6 is 0 Å². The molecule has 5 nitrogen and oxygen atoms in total. The van der Waals surface area contributed by atoms with E-state index in [9.17, 15) is 9.59 Å². The van der Waals surface area contributed by atoms with Gasteiger partial charge in [0.15, 0.2) is 0 Å². The molecule has 0 aliphatic carbocycles. The Kier molecular flexibility index (Phi) is 4.62. The highest BCUT2D eigenvalue weighted by Crippen LogP contribution is 2.25. The average Bonchev–Trinajstić information content (AvgIpc) is 2.60. The van der Waals surface area contributed by atoms with Crippen LogP contribution < -0.4 is 0 Å². The highest BCUT2D eigenvalue weighted by atomic mass is 16.5. The fourth-order valence-electron chi connectivity index (χ4n) is 3.15. The maximum Gasteiger partial charge on any atom is 0.335 e. The summed E-state index contributed by atoms with van der Waals surface area (Å²) in [6.45, 7) is 1.13. The monoisotopic (exact) mass is 325 g/mol. The highest BCUT2D eigenvalue weighted by Gasteiger charge is 2.32. The molecule has 1 unspecified atom stereocenters. The van der Waals surface area contributed by atoms with E-state index in [1.807, 2.05) is 29.2 Å². The molecule has 0 bridgehead atoms. The second-order valence-electron chi connectivity index (χ2n) is 5.92. The van der Waals surface area contributed by atoms with Gasteiger partial charge in [-0.2, -0.15) is 0 Å². The van der Waals surface area contributed by atoms with E-state index < -0.39 is 5.97 Å². The van der Waals surface area contributed by atoms with Crippen LogP contribution in [0.15, 0.2) is 48.5 Å². The molecule has 124 valence electrons. The Balaban J connectivity index is 1.88. The number of fused-ring (bicyclic) bond motifs is 1. The van der Waals surface area contributed by atoms with Crippen molar-refractivity contribution in [3.63, 3.8) is 0 Å². The van der Waals surface area contributed by atoms with Gasteiger partial charge in [0.1, 0.15) is 6.04 Å². The predicted octanol–water partition coefficient (Wildman–Crippen LogP) is 2.48. The minimum Gasteiger partial charge on any atom is -0.478 e. The zero-order valence-electron chi connectivity index (χ0n) is 13.4. The number of carbonyl (C=O) groups excluding carboxylic acids is 1. The first-order valence-electron chi connectivity index (χ1n) is 7.79. The van der Waals surface area contributed by atoms with E-state index in [0.717, 1.165) is 11.1 Å². The van der Waals surface area contributed by atoms with Gasteiger partial charge < -0.3 is 9.84 Å². The van der Waals surface area contributed by atoms with Crippen molar-refractivity contribution >= 4 is 11.9 Å². The molecule has 0 fully saturated rings. The molecule has 3 rings (SSSR count). The van der Waals surface area contributed by atoms with Crippen molar-refractivity contribution in [2.45, 2.75) is 25.6 Å². The average molecular weight is 325 g/mol. The van der Waals surface area contributed by atoms with Crippen LogP contribution in [0.25, 0.3) is 0 Å². The third-order valence-electron chi connectivity index (χ3n) is 4.38. The number of ether oxygens (including phenoxy) is 1. The van der Waals surface area contributed by atoms with Gasteiger partial charge in [-0.25, -0.2) is 4.79 Å². The molecule has 1 heterocycles. The van der Waals surface area contributed by atoms with E-state index in [4.69, 9.17) is 9.84 Å². The van der Waals surface area contributed by atoms with Crippen molar-refractivity contribution in [2.75, 3.05) is 7.11 Å². The Bertz CT molecular complexity index is 771. The minimum atomic E-state index is -0.953. The number of hydrogen-bond acceptors (Lipinski definition) is 4. The van der Waals surface area contributed by atoms with E-state index in [-0.39, 0.29) is 17.6 Å². The molecule has 0 aromatic heterocycles. The topological polar surface area (TPSA) is 66.8 Å². The lowest BCUT2D eigenvalue weighted by molar-refractivity contribution is -0.148. The molecular formula is C19H19NO4. The lowest BCUT2D eigenvalue weighted by atomic mass is 9.93. The summed E-state index contributed by atoms with van der Waals surface area (Å²) in [5.74, 6) is -1.22. The van der Waals surface area contributed by atoms with Crippen LogP contribution in [-0.4, -0.2) is 35.1 Å². The Morgan fingerprint density at radius 1 is 1.17 bits per heavy atom. The summed E-state index contributed by atoms with van der Waals surface area (Å²) >= 11 is 0. The molecule has 0 spiro atoms. The largest absolute Gasteiger partial charge is 0.478 e. The van der Waals surface area contributed by atoms with Crippen LogP contribution in [0.2, 0.25) is 0 Å². The smallest absolute Gasteiger partial charge is 0.335 e. The summed E-state index contributed by atoms with van der Waals surface area (Å²) in [7, 11) is 1.39. The second-order valence-corrected chi connectivity index (χ2v) is 5.92. The number of aromatic carboxylic acids is 1. The van der Waals surface area contributed by atoms with Crippen LogP contribution in [0, 0.1) is 0 Å². The van der Waals surface area contributed by atoms with Gasteiger partial charge in [0, 0.05) is 13.1 Å². The van der Waals surface area contributed by atoms with Crippen LogP contribution in [0.5, 0.6) is 0 Å². The number of esters is 1. The molecular weight excluding hydrogens is 306 g/mol. The standard InChI is InChI=1S/C19H19NO4/c1-24-19(23)17-10-14-6-2-3-7-16(14)12-20(17)11-13-5-4-8-15(9-13)18(21)22/h2-9,17H,10-12H2,1H3,(H,21,22). The first-order chi connectivity index (χ1) is 11.6. The van der Waals surface area contributed by atoms with Crippen LogP contribution in [0.4, 0.5) is 0 Å². The zero-order valence-corrected chi connectivity index (χ0v) is 13.4. The molecule has 2 aromatic rings. The van der Waals surface area contributed by atoms with Gasteiger partial charge in [-0.05, 0) is 35.2 Å². The summed E-state index contributed by atoms with van der Waals surface area (Å²) in [4.78, 5) is 25.4. The van der Waals surface area contributed by atoms with E-state index in [1.54, 1.807) is 18.2 Å². The zero-order chi connectivity index (χ0) is 17.1. The Morgan fingerprint density at radius 3 is 2.62 bits per heavy atom. The van der Waals surface area contributed by atoms with Gasteiger partial charge in [0.2, 0.25) is 0 Å². The van der Waals surface area contributed by atoms with Gasteiger partial charge >= 0.3 is 11.9 Å². The van der Waals surface area contributed by atoms with Crippen LogP contribution in [0.3, 0.4) is 0 Å². The first kappa shape index (κ1) is 16.2. The maximum atomic E-state index is 12.2. The lowest BCUT2D eigenvalue weighted by Gasteiger charge is -2.35. The van der Waals surface area contributed by atoms with Gasteiger partial charge in [-0.3, -0.25) is 9.69 Å². The molecule has 2 aromatic carbocycles. The Hall–Kier alpha value is -2.66. The molecule has 1 atom stereocenters. The van der Waals surface area contributed by atoms with E-state index in [0.29, 0.717) is 19.5 Å². The third-order valence-corrected chi connectivity index (χ3v) is 4.38. The molecule has 1 N–H and O–H groups in total. The molecule has 1 aliphatic heterocycles. The van der Waals surface area contributed by atoms with Crippen molar-refractivity contribution in [3.05, 3.63) is 70.8 Å². The number of rotatable bonds is 4. The van der Waals surface area contributed by atoms with Crippen molar-refractivity contribution in [3.8, 4) is 0 Å². The Labute approximate surface area is 140 Å². The van der Waals surface area contributed by atoms with Gasteiger partial charge in [0.25, 0.3) is 0 Å². The SMILES string of the molecule is COC(=O)C1Cc2ccccc2CN1Cc1cccc(C(=O)O)c1. The van der Waals surface area contributed by atoms with Crippen molar-refractivity contribution in [2.24, 2.45) is 0 Å². The molecule has 1 aliphatic rings. The molecule has 0 radical (unpaired) electrons. The summed E-state index contributed by atoms with van der Waals surface area (Å²) < 4.78 is 4.96. The number of methoxy groups -OCH3 is 1. The molecule has 0 saturated heterocycles. The molecule has 0 saturated carbocycles. The predicted molar refractivity (Wildman–Crippen MR) is 88.6 cm³/mol. The number of carbonyl (C=O) groups is 2. The number of benzene rings is 2. The molecule has 0 amide bonds. The fraction of sp³-hybridized carbons (Fsp3) is 0.263. The highest BCUT2D eigenvalue weighted by molar-refractivity contribution is 5.87. The van der Waals surface area contributed by atoms with Crippen molar-refractivity contribution in [1.82, 2.24) is 4.90 Å². The van der Waals surface area contributed by atoms with Gasteiger partial charge in [-0.1, -0.05) is 36.4 Å². The Morgan fingerprint density at radius 2 is 1.92 bits per heavy atom. The third kappa shape index (κ3) is 3.31. The number of hydrogen-bond donors (Lipinski definition) is 1. The van der Waals surface area contributed by atoms with E-state index in [1.165, 1.54) is 12.7 Å². The summed E-state index contributed by atoms with van der Waals surface area (Å²) in [5, 5.41) is 9.14. The normalized spacial score (nSPS) is 17.1.